The van der Waals surface area contributed by atoms with E-state index in [9.17, 15) is 26.0 Å². The summed E-state index contributed by atoms with van der Waals surface area (Å²) in [4.78, 5) is 7.80. The van der Waals surface area contributed by atoms with E-state index >= 15 is 0 Å². The number of alkyl halides is 3. The third-order valence-corrected chi connectivity index (χ3v) is 5.75. The van der Waals surface area contributed by atoms with Gasteiger partial charge in [0.2, 0.25) is 5.16 Å². The number of benzene rings is 2. The lowest BCUT2D eigenvalue weighted by molar-refractivity contribution is -0.142. The molecule has 2 heterocycles. The molecule has 160 valence electrons. The number of fused-ring (bicyclic) bond motifs is 1. The maximum atomic E-state index is 13.3. The molecule has 0 amide bonds. The van der Waals surface area contributed by atoms with Gasteiger partial charge < -0.3 is 4.57 Å². The predicted molar refractivity (Wildman–Crippen MR) is 106 cm³/mol. The van der Waals surface area contributed by atoms with Crippen molar-refractivity contribution in [2.45, 2.75) is 17.9 Å². The highest BCUT2D eigenvalue weighted by Crippen LogP contribution is 2.33. The van der Waals surface area contributed by atoms with E-state index in [1.165, 1.54) is 24.4 Å². The van der Waals surface area contributed by atoms with Gasteiger partial charge in [-0.25, -0.2) is 9.37 Å². The Hall–Kier alpha value is -3.47. The molecule has 0 aliphatic heterocycles. The number of nitrogens with one attached hydrogen (secondary N) is 1. The van der Waals surface area contributed by atoms with Crippen LogP contribution in [0, 0.1) is 5.82 Å². The first-order valence-corrected chi connectivity index (χ1v) is 10.4. The first-order chi connectivity index (χ1) is 14.6. The summed E-state index contributed by atoms with van der Waals surface area (Å²) in [6.45, 7) is -1.49. The Balaban J connectivity index is 1.76. The Kier molecular flexibility index (Phi) is 5.13. The van der Waals surface area contributed by atoms with Crippen LogP contribution in [-0.2, 0) is 16.6 Å². The highest BCUT2D eigenvalue weighted by Gasteiger charge is 2.32. The quantitative estimate of drug-likeness (QED) is 0.451. The van der Waals surface area contributed by atoms with E-state index in [0.29, 0.717) is 21.1 Å². The number of anilines is 1. The molecule has 0 saturated carbocycles. The summed E-state index contributed by atoms with van der Waals surface area (Å²) in [5.41, 5.74) is 1.73. The summed E-state index contributed by atoms with van der Waals surface area (Å²) in [7, 11) is -4.44. The maximum Gasteiger partial charge on any atom is 0.406 e. The molecule has 0 aliphatic rings. The number of hydrogen-bond donors (Lipinski definition) is 1. The molecule has 2 aromatic heterocycles. The van der Waals surface area contributed by atoms with Crippen molar-refractivity contribution in [2.75, 3.05) is 4.72 Å². The molecule has 0 saturated heterocycles. The van der Waals surface area contributed by atoms with E-state index in [2.05, 4.69) is 14.7 Å². The third kappa shape index (κ3) is 4.36. The fourth-order valence-electron chi connectivity index (χ4n) is 3.18. The summed E-state index contributed by atoms with van der Waals surface area (Å²) in [5, 5.41) is -0.190. The number of imidazole rings is 1. The minimum Gasteiger partial charge on any atom is -0.311 e. The predicted octanol–water partition coefficient (Wildman–Crippen LogP) is 4.60. The number of sulfonamides is 1. The molecule has 0 unspecified atom stereocenters. The standard InChI is InChI=1S/C20H14F4N4O2S/c21-14-5-3-13(4-6-14)15-7-8-17(18-16(15)2-1-9-25-18)27-31(29,30)19-26-10-11-28(19)12-20(22,23)24/h1-11,27H,12H2. The van der Waals surface area contributed by atoms with Gasteiger partial charge in [0.1, 0.15) is 12.4 Å². The zero-order valence-corrected chi connectivity index (χ0v) is 16.5. The number of halogens is 4. The number of hydrogen-bond acceptors (Lipinski definition) is 4. The van der Waals surface area contributed by atoms with Crippen molar-refractivity contribution < 1.29 is 26.0 Å². The zero-order chi connectivity index (χ0) is 22.2. The summed E-state index contributed by atoms with van der Waals surface area (Å²) < 4.78 is 79.9. The molecule has 0 fully saturated rings. The van der Waals surface area contributed by atoms with Gasteiger partial charge in [0.15, 0.2) is 0 Å². The SMILES string of the molecule is O=S(=O)(Nc1ccc(-c2ccc(F)cc2)c2cccnc12)c1nccn1CC(F)(F)F. The molecule has 0 spiro atoms. The molecule has 31 heavy (non-hydrogen) atoms. The second-order valence-electron chi connectivity index (χ2n) is 6.63. The van der Waals surface area contributed by atoms with E-state index in [-0.39, 0.29) is 11.2 Å². The minimum absolute atomic E-state index is 0.0722. The summed E-state index contributed by atoms with van der Waals surface area (Å²) >= 11 is 0. The van der Waals surface area contributed by atoms with Crippen molar-refractivity contribution in [1.29, 1.82) is 0 Å². The van der Waals surface area contributed by atoms with Crippen LogP contribution in [0.2, 0.25) is 0 Å². The van der Waals surface area contributed by atoms with Gasteiger partial charge in [-0.3, -0.25) is 9.71 Å². The molecule has 0 bridgehead atoms. The second kappa shape index (κ2) is 7.65. The topological polar surface area (TPSA) is 76.9 Å². The number of rotatable bonds is 5. The van der Waals surface area contributed by atoms with Gasteiger partial charge in [0, 0.05) is 24.0 Å². The summed E-state index contributed by atoms with van der Waals surface area (Å²) in [5.74, 6) is -0.398. The number of pyridine rings is 1. The van der Waals surface area contributed by atoms with Crippen molar-refractivity contribution in [1.82, 2.24) is 14.5 Å². The maximum absolute atomic E-state index is 13.3. The van der Waals surface area contributed by atoms with Crippen molar-refractivity contribution in [3.63, 3.8) is 0 Å². The third-order valence-electron chi connectivity index (χ3n) is 4.44. The van der Waals surface area contributed by atoms with Crippen LogP contribution in [0.3, 0.4) is 0 Å². The molecular weight excluding hydrogens is 436 g/mol. The first kappa shape index (κ1) is 20.8. The van der Waals surface area contributed by atoms with Gasteiger partial charge in [-0.05, 0) is 35.4 Å². The fraction of sp³-hybridized carbons (Fsp3) is 0.100. The van der Waals surface area contributed by atoms with Crippen LogP contribution < -0.4 is 4.72 Å². The Morgan fingerprint density at radius 3 is 2.42 bits per heavy atom. The second-order valence-corrected chi connectivity index (χ2v) is 8.20. The van der Waals surface area contributed by atoms with Crippen molar-refractivity contribution in [2.24, 2.45) is 0 Å². The molecule has 4 rings (SSSR count). The molecule has 1 N–H and O–H groups in total. The van der Waals surface area contributed by atoms with Crippen LogP contribution >= 0.6 is 0 Å². The van der Waals surface area contributed by atoms with E-state index in [1.807, 2.05) is 0 Å². The molecule has 6 nitrogen and oxygen atoms in total. The number of aromatic nitrogens is 3. The van der Waals surface area contributed by atoms with E-state index < -0.39 is 33.7 Å². The molecule has 11 heteroatoms. The lowest BCUT2D eigenvalue weighted by Crippen LogP contribution is -2.24. The summed E-state index contributed by atoms with van der Waals surface area (Å²) in [6, 6.07) is 12.2. The van der Waals surface area contributed by atoms with E-state index in [1.54, 1.807) is 30.3 Å². The van der Waals surface area contributed by atoms with Crippen LogP contribution in [-0.4, -0.2) is 29.1 Å². The van der Waals surface area contributed by atoms with Gasteiger partial charge in [-0.1, -0.05) is 24.3 Å². The van der Waals surface area contributed by atoms with Crippen LogP contribution in [0.1, 0.15) is 0 Å². The van der Waals surface area contributed by atoms with Crippen LogP contribution in [0.5, 0.6) is 0 Å². The minimum atomic E-state index is -4.62. The van der Waals surface area contributed by atoms with Crippen molar-refractivity contribution in [3.05, 3.63) is 72.9 Å². The Morgan fingerprint density at radius 2 is 1.71 bits per heavy atom. The van der Waals surface area contributed by atoms with Crippen LogP contribution in [0.25, 0.3) is 22.0 Å². The normalized spacial score (nSPS) is 12.3. The monoisotopic (exact) mass is 450 g/mol. The van der Waals surface area contributed by atoms with Crippen LogP contribution in [0.15, 0.2) is 72.3 Å². The van der Waals surface area contributed by atoms with E-state index in [0.717, 1.165) is 12.4 Å². The fourth-order valence-corrected chi connectivity index (χ4v) is 4.36. The molecule has 0 atom stereocenters. The molecule has 0 aliphatic carbocycles. The first-order valence-electron chi connectivity index (χ1n) is 8.88. The molecule has 0 radical (unpaired) electrons. The lowest BCUT2D eigenvalue weighted by atomic mass is 10.00. The van der Waals surface area contributed by atoms with Gasteiger partial charge in [-0.2, -0.15) is 21.6 Å². The zero-order valence-electron chi connectivity index (χ0n) is 15.6. The Bertz CT molecular complexity index is 1350. The van der Waals surface area contributed by atoms with Gasteiger partial charge in [0.05, 0.1) is 11.2 Å². The van der Waals surface area contributed by atoms with Gasteiger partial charge >= 0.3 is 6.18 Å². The van der Waals surface area contributed by atoms with Gasteiger partial charge in [-0.15, -0.1) is 0 Å². The average molecular weight is 450 g/mol. The highest BCUT2D eigenvalue weighted by atomic mass is 32.2. The van der Waals surface area contributed by atoms with E-state index in [4.69, 9.17) is 0 Å². The van der Waals surface area contributed by atoms with Crippen molar-refractivity contribution >= 4 is 26.6 Å². The highest BCUT2D eigenvalue weighted by molar-refractivity contribution is 7.92. The van der Waals surface area contributed by atoms with Crippen molar-refractivity contribution in [3.8, 4) is 11.1 Å². The molecule has 2 aromatic carbocycles. The molecule has 4 aromatic rings. The smallest absolute Gasteiger partial charge is 0.311 e. The molecular formula is C20H14F4N4O2S. The average Bonchev–Trinajstić information content (AvgIpc) is 3.16. The Morgan fingerprint density at radius 1 is 0.968 bits per heavy atom. The van der Waals surface area contributed by atoms with Crippen LogP contribution in [0.4, 0.5) is 23.2 Å². The number of nitrogens with zero attached hydrogens (tertiary/aromatic N) is 3. The van der Waals surface area contributed by atoms with Gasteiger partial charge in [0.25, 0.3) is 10.0 Å². The lowest BCUT2D eigenvalue weighted by Gasteiger charge is -2.14. The largest absolute Gasteiger partial charge is 0.406 e. The Labute approximate surface area is 174 Å². The summed E-state index contributed by atoms with van der Waals surface area (Å²) in [6.07, 6.45) is -1.24.